The van der Waals surface area contributed by atoms with E-state index < -0.39 is 5.97 Å². The Labute approximate surface area is 110 Å². The van der Waals surface area contributed by atoms with Crippen LogP contribution in [0.1, 0.15) is 24.2 Å². The molecule has 0 aromatic carbocycles. The van der Waals surface area contributed by atoms with Gasteiger partial charge in [-0.05, 0) is 19.9 Å². The number of carboxylic acids is 1. The van der Waals surface area contributed by atoms with E-state index in [4.69, 9.17) is 5.73 Å². The average molecular weight is 267 g/mol. The molecule has 1 aromatic rings. The third-order valence-corrected chi connectivity index (χ3v) is 4.14. The lowest BCUT2D eigenvalue weighted by atomic mass is 10.1. The molecule has 0 spiro atoms. The third kappa shape index (κ3) is 2.69. The number of hydrogen-bond donors (Lipinski definition) is 2. The minimum absolute atomic E-state index is 0.108. The van der Waals surface area contributed by atoms with Gasteiger partial charge in [-0.2, -0.15) is 11.8 Å². The molecular weight excluding hydrogens is 250 g/mol. The largest absolute Gasteiger partial charge is 0.478 e. The molecule has 0 bridgehead atoms. The van der Waals surface area contributed by atoms with Gasteiger partial charge < -0.3 is 15.7 Å². The summed E-state index contributed by atoms with van der Waals surface area (Å²) in [5, 5.41) is 9.22. The second-order valence-electron chi connectivity index (χ2n) is 4.97. The molecule has 6 heteroatoms. The maximum absolute atomic E-state index is 11.3. The number of nitrogen functional groups attached to an aromatic ring is 1. The van der Waals surface area contributed by atoms with E-state index in [0.29, 0.717) is 11.5 Å². The van der Waals surface area contributed by atoms with Crippen molar-refractivity contribution >= 4 is 29.2 Å². The Hall–Kier alpha value is -1.43. The van der Waals surface area contributed by atoms with Crippen LogP contribution in [-0.4, -0.2) is 39.6 Å². The Morgan fingerprint density at radius 1 is 1.61 bits per heavy atom. The highest BCUT2D eigenvalue weighted by Crippen LogP contribution is 2.32. The summed E-state index contributed by atoms with van der Waals surface area (Å²) in [4.78, 5) is 17.5. The average Bonchev–Trinajstić information content (AvgIpc) is 2.27. The number of nitrogens with two attached hydrogens (primary N) is 1. The van der Waals surface area contributed by atoms with Gasteiger partial charge in [0, 0.05) is 23.6 Å². The van der Waals surface area contributed by atoms with Crippen LogP contribution in [0.4, 0.5) is 11.5 Å². The minimum Gasteiger partial charge on any atom is -0.478 e. The summed E-state index contributed by atoms with van der Waals surface area (Å²) < 4.78 is 0.108. The van der Waals surface area contributed by atoms with Crippen LogP contribution in [0.15, 0.2) is 12.3 Å². The van der Waals surface area contributed by atoms with Gasteiger partial charge in [0.05, 0.1) is 11.9 Å². The highest BCUT2D eigenvalue weighted by atomic mass is 32.2. The lowest BCUT2D eigenvalue weighted by Crippen LogP contribution is -2.44. The topological polar surface area (TPSA) is 79.5 Å². The first-order valence-corrected chi connectivity index (χ1v) is 6.75. The molecule has 0 unspecified atom stereocenters. The molecule has 0 saturated carbocycles. The fourth-order valence-corrected chi connectivity index (χ4v) is 3.19. The number of thioether (sulfide) groups is 1. The van der Waals surface area contributed by atoms with Crippen molar-refractivity contribution in [3.05, 3.63) is 17.8 Å². The summed E-state index contributed by atoms with van der Waals surface area (Å²) in [6.45, 7) is 5.91. The van der Waals surface area contributed by atoms with Crippen LogP contribution < -0.4 is 10.6 Å². The maximum Gasteiger partial charge on any atom is 0.339 e. The number of rotatable bonds is 2. The van der Waals surface area contributed by atoms with Crippen molar-refractivity contribution in [3.63, 3.8) is 0 Å². The monoisotopic (exact) mass is 267 g/mol. The van der Waals surface area contributed by atoms with Crippen molar-refractivity contribution in [3.8, 4) is 0 Å². The van der Waals surface area contributed by atoms with Gasteiger partial charge in [-0.25, -0.2) is 9.78 Å². The van der Waals surface area contributed by atoms with Gasteiger partial charge in [-0.15, -0.1) is 0 Å². The summed E-state index contributed by atoms with van der Waals surface area (Å²) in [6, 6.07) is 1.47. The number of carbonyl (C=O) groups is 1. The summed E-state index contributed by atoms with van der Waals surface area (Å²) in [5.74, 6) is 0.504. The van der Waals surface area contributed by atoms with Gasteiger partial charge in [-0.1, -0.05) is 0 Å². The van der Waals surface area contributed by atoms with Crippen molar-refractivity contribution in [2.45, 2.75) is 18.6 Å². The molecule has 3 N–H and O–H groups in total. The first-order valence-electron chi connectivity index (χ1n) is 5.77. The number of aromatic nitrogens is 1. The van der Waals surface area contributed by atoms with Crippen LogP contribution in [0.25, 0.3) is 0 Å². The molecule has 2 rings (SSSR count). The zero-order valence-corrected chi connectivity index (χ0v) is 11.3. The molecule has 0 radical (unpaired) electrons. The first-order chi connectivity index (χ1) is 8.39. The van der Waals surface area contributed by atoms with Crippen molar-refractivity contribution in [1.82, 2.24) is 4.98 Å². The highest BCUT2D eigenvalue weighted by molar-refractivity contribution is 8.00. The van der Waals surface area contributed by atoms with Crippen LogP contribution in [-0.2, 0) is 0 Å². The lowest BCUT2D eigenvalue weighted by Gasteiger charge is -2.38. The van der Waals surface area contributed by atoms with Gasteiger partial charge in [0.25, 0.3) is 0 Å². The fourth-order valence-electron chi connectivity index (χ4n) is 2.08. The Balaban J connectivity index is 2.35. The molecule has 98 valence electrons. The molecule has 1 aliphatic rings. The molecule has 1 aliphatic heterocycles. The molecule has 18 heavy (non-hydrogen) atoms. The maximum atomic E-state index is 11.3. The molecule has 0 atom stereocenters. The molecule has 1 saturated heterocycles. The van der Waals surface area contributed by atoms with E-state index in [1.165, 1.54) is 12.3 Å². The second-order valence-corrected chi connectivity index (χ2v) is 6.78. The van der Waals surface area contributed by atoms with Crippen LogP contribution in [0.2, 0.25) is 0 Å². The van der Waals surface area contributed by atoms with Crippen molar-refractivity contribution < 1.29 is 9.90 Å². The zero-order chi connectivity index (χ0) is 13.3. The highest BCUT2D eigenvalue weighted by Gasteiger charge is 2.29. The molecule has 5 nitrogen and oxygen atoms in total. The summed E-state index contributed by atoms with van der Waals surface area (Å²) in [5.41, 5.74) is 6.15. The van der Waals surface area contributed by atoms with E-state index in [1.807, 2.05) is 16.7 Å². The standard InChI is InChI=1S/C12H17N3O2S/c1-12(2)7-15(3-4-18-12)10-9(11(16)17)5-8(13)6-14-10/h5-6H,3-4,7,13H2,1-2H3,(H,16,17). The summed E-state index contributed by atoms with van der Waals surface area (Å²) in [6.07, 6.45) is 1.51. The van der Waals surface area contributed by atoms with E-state index in [1.54, 1.807) is 0 Å². The lowest BCUT2D eigenvalue weighted by molar-refractivity contribution is 0.0697. The Bertz CT molecular complexity index is 476. The molecule has 0 amide bonds. The Morgan fingerprint density at radius 3 is 2.94 bits per heavy atom. The predicted octanol–water partition coefficient (Wildman–Crippen LogP) is 1.69. The minimum atomic E-state index is -0.985. The number of nitrogens with zero attached hydrogens (tertiary/aromatic N) is 2. The molecule has 1 fully saturated rings. The summed E-state index contributed by atoms with van der Waals surface area (Å²) >= 11 is 1.89. The van der Waals surface area contributed by atoms with Crippen LogP contribution >= 0.6 is 11.8 Å². The van der Waals surface area contributed by atoms with Gasteiger partial charge in [0.15, 0.2) is 0 Å². The van der Waals surface area contributed by atoms with Crippen LogP contribution in [0.3, 0.4) is 0 Å². The van der Waals surface area contributed by atoms with Gasteiger partial charge >= 0.3 is 5.97 Å². The van der Waals surface area contributed by atoms with Gasteiger partial charge in [-0.3, -0.25) is 0 Å². The number of pyridine rings is 1. The predicted molar refractivity (Wildman–Crippen MR) is 74.4 cm³/mol. The Morgan fingerprint density at radius 2 is 2.33 bits per heavy atom. The molecule has 0 aliphatic carbocycles. The van der Waals surface area contributed by atoms with E-state index in [2.05, 4.69) is 18.8 Å². The van der Waals surface area contributed by atoms with E-state index in [0.717, 1.165) is 18.8 Å². The SMILES string of the molecule is CC1(C)CN(c2ncc(N)cc2C(=O)O)CCS1. The van der Waals surface area contributed by atoms with Gasteiger partial charge in [0.1, 0.15) is 11.4 Å². The van der Waals surface area contributed by atoms with Crippen molar-refractivity contribution in [2.75, 3.05) is 29.5 Å². The molecule has 2 heterocycles. The smallest absolute Gasteiger partial charge is 0.339 e. The van der Waals surface area contributed by atoms with Gasteiger partial charge in [0.2, 0.25) is 0 Å². The molecular formula is C12H17N3O2S. The van der Waals surface area contributed by atoms with Crippen molar-refractivity contribution in [2.24, 2.45) is 0 Å². The first kappa shape index (κ1) is 13.0. The number of anilines is 2. The number of aromatic carboxylic acids is 1. The van der Waals surface area contributed by atoms with Crippen LogP contribution in [0, 0.1) is 0 Å². The number of carboxylic acid groups (broad SMARTS) is 1. The number of hydrogen-bond acceptors (Lipinski definition) is 5. The van der Waals surface area contributed by atoms with E-state index >= 15 is 0 Å². The zero-order valence-electron chi connectivity index (χ0n) is 10.5. The van der Waals surface area contributed by atoms with Crippen LogP contribution in [0.5, 0.6) is 0 Å². The van der Waals surface area contributed by atoms with E-state index in [9.17, 15) is 9.90 Å². The normalized spacial score (nSPS) is 18.7. The quantitative estimate of drug-likeness (QED) is 0.849. The Kier molecular flexibility index (Phi) is 3.38. The fraction of sp³-hybridized carbons (Fsp3) is 0.500. The third-order valence-electron chi connectivity index (χ3n) is 2.84. The van der Waals surface area contributed by atoms with Crippen molar-refractivity contribution in [1.29, 1.82) is 0 Å². The second kappa shape index (κ2) is 4.68. The molecule has 1 aromatic heterocycles. The summed E-state index contributed by atoms with van der Waals surface area (Å²) in [7, 11) is 0. The van der Waals surface area contributed by atoms with E-state index in [-0.39, 0.29) is 10.3 Å².